The topological polar surface area (TPSA) is 115 Å². The fourth-order valence-corrected chi connectivity index (χ4v) is 3.29. The van der Waals surface area contributed by atoms with Gasteiger partial charge in [0.2, 0.25) is 5.12 Å². The van der Waals surface area contributed by atoms with Crippen molar-refractivity contribution in [2.45, 2.75) is 12.3 Å². The van der Waals surface area contributed by atoms with E-state index in [1.54, 1.807) is 10.8 Å². The maximum absolute atomic E-state index is 11.3. The van der Waals surface area contributed by atoms with Gasteiger partial charge in [-0.1, -0.05) is 33.3 Å². The molecule has 7 N–H and O–H groups in total. The third-order valence-electron chi connectivity index (χ3n) is 1.23. The summed E-state index contributed by atoms with van der Waals surface area (Å²) >= 11 is 0.970. The average Bonchev–Trinajstić information content (AvgIpc) is 2.20. The lowest BCUT2D eigenvalue weighted by Gasteiger charge is -2.09. The molecule has 0 rings (SSSR count). The average molecular weight is 271 g/mol. The Morgan fingerprint density at radius 1 is 1.27 bits per heavy atom. The number of thioether (sulfide) groups is 1. The molecule has 0 aliphatic heterocycles. The highest BCUT2D eigenvalue weighted by Crippen LogP contribution is 2.21. The number of carbonyl (C=O) groups is 1. The molecule has 15 heavy (non-hydrogen) atoms. The van der Waals surface area contributed by atoms with Crippen LogP contribution in [0.25, 0.3) is 0 Å². The van der Waals surface area contributed by atoms with E-state index in [-0.39, 0.29) is 10.9 Å². The normalized spacial score (nSPS) is 14.9. The minimum atomic E-state index is -0.967. The smallest absolute Gasteiger partial charge is 0.206 e. The van der Waals surface area contributed by atoms with Gasteiger partial charge in [-0.15, -0.1) is 0 Å². The summed E-state index contributed by atoms with van der Waals surface area (Å²) in [6.45, 7) is 0.620. The van der Waals surface area contributed by atoms with Gasteiger partial charge < -0.3 is 22.3 Å². The van der Waals surface area contributed by atoms with E-state index in [0.717, 1.165) is 17.5 Å². The van der Waals surface area contributed by atoms with Crippen LogP contribution in [0.5, 0.6) is 0 Å². The van der Waals surface area contributed by atoms with Gasteiger partial charge in [0.15, 0.2) is 0 Å². The third-order valence-corrected chi connectivity index (χ3v) is 4.80. The summed E-state index contributed by atoms with van der Waals surface area (Å²) in [4.78, 5) is 11.3. The molecule has 0 fully saturated rings. The maximum Gasteiger partial charge on any atom is 0.206 e. The SMILES string of the molecule is NCCSSCC(N)C(=O)SCC(N)O. The van der Waals surface area contributed by atoms with Crippen molar-refractivity contribution in [3.8, 4) is 0 Å². The lowest BCUT2D eigenvalue weighted by Crippen LogP contribution is -2.32. The number of nitrogens with two attached hydrogens (primary N) is 3. The van der Waals surface area contributed by atoms with E-state index >= 15 is 0 Å². The van der Waals surface area contributed by atoms with Crippen molar-refractivity contribution in [2.24, 2.45) is 17.2 Å². The first-order valence-corrected chi connectivity index (χ1v) is 7.85. The van der Waals surface area contributed by atoms with Gasteiger partial charge in [-0.2, -0.15) is 0 Å². The number of hydrogen-bond donors (Lipinski definition) is 4. The van der Waals surface area contributed by atoms with E-state index in [9.17, 15) is 4.79 Å². The Morgan fingerprint density at radius 3 is 2.47 bits per heavy atom. The van der Waals surface area contributed by atoms with Crippen LogP contribution in [0.1, 0.15) is 0 Å². The molecule has 0 aromatic rings. The molecule has 0 aliphatic carbocycles. The summed E-state index contributed by atoms with van der Waals surface area (Å²) < 4.78 is 0. The molecule has 2 atom stereocenters. The second kappa shape index (κ2) is 9.76. The van der Waals surface area contributed by atoms with Crippen molar-refractivity contribution in [2.75, 3.05) is 23.8 Å². The van der Waals surface area contributed by atoms with Gasteiger partial charge in [0.05, 0.1) is 6.04 Å². The highest BCUT2D eigenvalue weighted by Gasteiger charge is 2.14. The van der Waals surface area contributed by atoms with E-state index in [2.05, 4.69) is 0 Å². The molecule has 0 saturated heterocycles. The van der Waals surface area contributed by atoms with Crippen molar-refractivity contribution < 1.29 is 9.90 Å². The van der Waals surface area contributed by atoms with Crippen molar-refractivity contribution in [3.63, 3.8) is 0 Å². The Morgan fingerprint density at radius 2 is 1.93 bits per heavy atom. The summed E-state index contributed by atoms with van der Waals surface area (Å²) in [7, 11) is 3.13. The van der Waals surface area contributed by atoms with Crippen LogP contribution >= 0.6 is 33.3 Å². The molecule has 0 saturated carbocycles. The first-order chi connectivity index (χ1) is 7.07. The van der Waals surface area contributed by atoms with Gasteiger partial charge in [0, 0.05) is 23.8 Å². The molecule has 0 heterocycles. The number of carbonyl (C=O) groups excluding carboxylic acids is 1. The fraction of sp³-hybridized carbons (Fsp3) is 0.857. The Bertz CT molecular complexity index is 183. The largest absolute Gasteiger partial charge is 0.378 e. The zero-order valence-corrected chi connectivity index (χ0v) is 10.7. The number of aliphatic hydroxyl groups excluding tert-OH is 1. The maximum atomic E-state index is 11.3. The minimum absolute atomic E-state index is 0.139. The number of rotatable bonds is 8. The van der Waals surface area contributed by atoms with Crippen LogP contribution in [0.15, 0.2) is 0 Å². The predicted octanol–water partition coefficient (Wildman–Crippen LogP) is -0.809. The molecule has 0 aliphatic rings. The Balaban J connectivity index is 3.51. The van der Waals surface area contributed by atoms with Gasteiger partial charge >= 0.3 is 0 Å². The summed E-state index contributed by atoms with van der Waals surface area (Å²) in [5.74, 6) is 1.59. The van der Waals surface area contributed by atoms with Crippen LogP contribution in [0.3, 0.4) is 0 Å². The highest BCUT2D eigenvalue weighted by molar-refractivity contribution is 8.76. The third kappa shape index (κ3) is 9.49. The van der Waals surface area contributed by atoms with Crippen LogP contribution in [-0.2, 0) is 4.79 Å². The zero-order chi connectivity index (χ0) is 11.7. The van der Waals surface area contributed by atoms with Crippen molar-refractivity contribution >= 4 is 38.5 Å². The first-order valence-electron chi connectivity index (χ1n) is 4.38. The standard InChI is InChI=1S/C7H17N3O2S3/c8-1-2-14-15-3-5(9)7(12)13-4-6(10)11/h5-6,11H,1-4,8-10H2. The highest BCUT2D eigenvalue weighted by atomic mass is 33.1. The van der Waals surface area contributed by atoms with Gasteiger partial charge in [-0.05, 0) is 0 Å². The lowest BCUT2D eigenvalue weighted by atomic mass is 10.4. The Kier molecular flexibility index (Phi) is 10.1. The molecule has 0 aromatic heterocycles. The monoisotopic (exact) mass is 271 g/mol. The summed E-state index contributed by atoms with van der Waals surface area (Å²) in [6, 6.07) is -0.510. The first kappa shape index (κ1) is 15.6. The van der Waals surface area contributed by atoms with Crippen molar-refractivity contribution in [1.29, 1.82) is 0 Å². The second-order valence-corrected chi connectivity index (χ2v) is 6.35. The zero-order valence-electron chi connectivity index (χ0n) is 8.30. The van der Waals surface area contributed by atoms with Crippen molar-refractivity contribution in [1.82, 2.24) is 0 Å². The van der Waals surface area contributed by atoms with Gasteiger partial charge in [-0.25, -0.2) is 0 Å². The Labute approximate surface area is 102 Å². The van der Waals surface area contributed by atoms with Crippen LogP contribution in [0.2, 0.25) is 0 Å². The van der Waals surface area contributed by atoms with Crippen LogP contribution in [0, 0.1) is 0 Å². The van der Waals surface area contributed by atoms with E-state index in [1.165, 1.54) is 10.8 Å². The van der Waals surface area contributed by atoms with Gasteiger partial charge in [0.25, 0.3) is 0 Å². The molecular weight excluding hydrogens is 254 g/mol. The number of hydrogen-bond acceptors (Lipinski definition) is 8. The molecule has 0 aromatic carbocycles. The van der Waals surface area contributed by atoms with Gasteiger partial charge in [0.1, 0.15) is 6.23 Å². The quantitative estimate of drug-likeness (QED) is 0.257. The fourth-order valence-electron chi connectivity index (χ4n) is 0.571. The predicted molar refractivity (Wildman–Crippen MR) is 69.6 cm³/mol. The van der Waals surface area contributed by atoms with Crippen LogP contribution < -0.4 is 17.2 Å². The van der Waals surface area contributed by atoms with E-state index in [0.29, 0.717) is 12.3 Å². The molecule has 90 valence electrons. The molecule has 5 nitrogen and oxygen atoms in total. The molecule has 0 amide bonds. The molecule has 0 spiro atoms. The Hall–Kier alpha value is 0.560. The second-order valence-electron chi connectivity index (χ2n) is 2.70. The number of aliphatic hydroxyl groups is 1. The van der Waals surface area contributed by atoms with E-state index < -0.39 is 12.3 Å². The molecular formula is C7H17N3O2S3. The van der Waals surface area contributed by atoms with Crippen LogP contribution in [-0.4, -0.2) is 46.3 Å². The van der Waals surface area contributed by atoms with Crippen LogP contribution in [0.4, 0.5) is 0 Å². The summed E-state index contributed by atoms with van der Waals surface area (Å²) in [6.07, 6.45) is -0.967. The minimum Gasteiger partial charge on any atom is -0.378 e. The molecule has 8 heteroatoms. The molecule has 2 unspecified atom stereocenters. The summed E-state index contributed by atoms with van der Waals surface area (Å²) in [5.41, 5.74) is 16.0. The lowest BCUT2D eigenvalue weighted by molar-refractivity contribution is -0.111. The molecule has 0 radical (unpaired) electrons. The van der Waals surface area contributed by atoms with Crippen molar-refractivity contribution in [3.05, 3.63) is 0 Å². The van der Waals surface area contributed by atoms with Gasteiger partial charge in [-0.3, -0.25) is 4.79 Å². The van der Waals surface area contributed by atoms with E-state index in [4.69, 9.17) is 22.3 Å². The summed E-state index contributed by atoms with van der Waals surface area (Å²) in [5, 5.41) is 8.63. The molecule has 0 bridgehead atoms. The van der Waals surface area contributed by atoms with E-state index in [1.807, 2.05) is 0 Å².